The number of esters is 2. The molecule has 3 aromatic rings. The Hall–Kier alpha value is -4.58. The highest BCUT2D eigenvalue weighted by atomic mass is 19.4. The van der Waals surface area contributed by atoms with E-state index in [-0.39, 0.29) is 66.7 Å². The van der Waals surface area contributed by atoms with Crippen LogP contribution in [0.5, 0.6) is 11.5 Å². The van der Waals surface area contributed by atoms with Crippen LogP contribution >= 0.6 is 0 Å². The Kier molecular flexibility index (Phi) is 15.8. The monoisotopic (exact) mass is 838 g/mol. The summed E-state index contributed by atoms with van der Waals surface area (Å²) in [7, 11) is 0. The number of carbonyl (C=O) groups is 2. The second-order valence-corrected chi connectivity index (χ2v) is 12.9. The molecule has 0 unspecified atom stereocenters. The lowest BCUT2D eigenvalue weighted by atomic mass is 9.98. The topological polar surface area (TPSA) is 61.8 Å². The minimum Gasteiger partial charge on any atom is -0.490 e. The van der Waals surface area contributed by atoms with Gasteiger partial charge in [0, 0.05) is 12.0 Å². The van der Waals surface area contributed by atoms with Crippen LogP contribution < -0.4 is 9.47 Å². The van der Waals surface area contributed by atoms with Crippen molar-refractivity contribution in [2.24, 2.45) is 0 Å². The van der Waals surface area contributed by atoms with Crippen molar-refractivity contribution < 1.29 is 85.3 Å². The third-order valence-corrected chi connectivity index (χ3v) is 8.57. The van der Waals surface area contributed by atoms with Crippen molar-refractivity contribution >= 4 is 11.9 Å². The average molecular weight is 839 g/mol. The lowest BCUT2D eigenvalue weighted by molar-refractivity contribution is -0.396. The normalized spacial score (nSPS) is 13.3. The highest BCUT2D eigenvalue weighted by molar-refractivity contribution is 5.92. The van der Waals surface area contributed by atoms with Gasteiger partial charge in [0.1, 0.15) is 5.75 Å². The van der Waals surface area contributed by atoms with Gasteiger partial charge in [-0.15, -0.1) is 0 Å². The Morgan fingerprint density at radius 3 is 1.75 bits per heavy atom. The minimum atomic E-state index is -6.96. The summed E-state index contributed by atoms with van der Waals surface area (Å²) >= 11 is 0. The first-order valence-electron chi connectivity index (χ1n) is 17.5. The summed E-state index contributed by atoms with van der Waals surface area (Å²) in [6.45, 7) is 1.56. The second kappa shape index (κ2) is 19.2. The van der Waals surface area contributed by atoms with Crippen LogP contribution in [0.2, 0.25) is 0 Å². The molecule has 3 rings (SSSR count). The van der Waals surface area contributed by atoms with Crippen LogP contribution in [0.4, 0.5) is 61.5 Å². The first-order chi connectivity index (χ1) is 26.4. The molecule has 1 atom stereocenters. The fourth-order valence-corrected chi connectivity index (χ4v) is 5.27. The zero-order valence-corrected chi connectivity index (χ0v) is 30.0. The summed E-state index contributed by atoms with van der Waals surface area (Å²) < 4.78 is 202. The molecule has 0 aliphatic heterocycles. The van der Waals surface area contributed by atoms with E-state index in [1.54, 1.807) is 0 Å². The summed E-state index contributed by atoms with van der Waals surface area (Å²) in [5, 5.41) is 0. The Bertz CT molecular complexity index is 1770. The second-order valence-electron chi connectivity index (χ2n) is 12.9. The van der Waals surface area contributed by atoms with Gasteiger partial charge in [0.15, 0.2) is 17.7 Å². The number of alkyl halides is 12. The van der Waals surface area contributed by atoms with E-state index in [9.17, 15) is 71.1 Å². The van der Waals surface area contributed by atoms with E-state index in [1.807, 2.05) is 6.92 Å². The fraction of sp³-hybridized carbons (Fsp3) is 0.474. The van der Waals surface area contributed by atoms with Crippen LogP contribution in [-0.2, 0) is 4.74 Å². The molecule has 0 aliphatic carbocycles. The van der Waals surface area contributed by atoms with Crippen LogP contribution in [0.3, 0.4) is 0 Å². The lowest BCUT2D eigenvalue weighted by Gasteiger charge is -2.33. The third-order valence-electron chi connectivity index (χ3n) is 8.57. The van der Waals surface area contributed by atoms with Gasteiger partial charge in [-0.25, -0.2) is 14.0 Å². The van der Waals surface area contributed by atoms with Crippen molar-refractivity contribution in [2.45, 2.75) is 107 Å². The van der Waals surface area contributed by atoms with E-state index in [0.717, 1.165) is 49.2 Å². The predicted molar refractivity (Wildman–Crippen MR) is 177 cm³/mol. The first kappa shape index (κ1) is 46.8. The molecule has 0 aromatic heterocycles. The van der Waals surface area contributed by atoms with Crippen molar-refractivity contribution in [3.63, 3.8) is 0 Å². The highest BCUT2D eigenvalue weighted by Gasteiger charge is 2.81. The third kappa shape index (κ3) is 12.0. The zero-order chi connectivity index (χ0) is 42.8. The Labute approximate surface area is 317 Å². The molecule has 0 spiro atoms. The van der Waals surface area contributed by atoms with Gasteiger partial charge in [-0.1, -0.05) is 51.2 Å². The van der Waals surface area contributed by atoms with Crippen molar-refractivity contribution in [1.29, 1.82) is 0 Å². The molecule has 0 bridgehead atoms. The van der Waals surface area contributed by atoms with Gasteiger partial charge in [-0.05, 0) is 79.8 Å². The van der Waals surface area contributed by atoms with Crippen LogP contribution in [0.25, 0.3) is 11.1 Å². The fourth-order valence-electron chi connectivity index (χ4n) is 5.27. The first-order valence-corrected chi connectivity index (χ1v) is 17.5. The van der Waals surface area contributed by atoms with Gasteiger partial charge < -0.3 is 14.2 Å². The Balaban J connectivity index is 1.50. The standard InChI is InChI=1S/C38H36F14O5/c1-2-3-4-7-10-29(35(43,44)45)57-33(54)25-15-17-26(18-16-25)56-32(53)24-13-11-23(12-14-24)27-19-20-28(31(40)30(27)39)55-22-9-6-5-8-21-34(41,42)36(46,47)37(48,49)38(50,51)52/h11-20,29H,2-10,21-22H2,1H3/t29-/m1/s1. The maximum atomic E-state index is 14.9. The van der Waals surface area contributed by atoms with E-state index in [0.29, 0.717) is 6.42 Å². The van der Waals surface area contributed by atoms with E-state index in [4.69, 9.17) is 14.2 Å². The molecule has 19 heteroatoms. The van der Waals surface area contributed by atoms with Crippen molar-refractivity contribution in [1.82, 2.24) is 0 Å². The molecule has 3 aromatic carbocycles. The van der Waals surface area contributed by atoms with E-state index in [2.05, 4.69) is 0 Å². The minimum absolute atomic E-state index is 0.0423. The number of hydrogen-bond donors (Lipinski definition) is 0. The molecule has 0 fully saturated rings. The summed E-state index contributed by atoms with van der Waals surface area (Å²) in [6.07, 6.45) is -15.3. The number of hydrogen-bond acceptors (Lipinski definition) is 5. The molecule has 0 saturated heterocycles. The maximum absolute atomic E-state index is 14.9. The van der Waals surface area contributed by atoms with Gasteiger partial charge in [-0.2, -0.15) is 57.1 Å². The number of benzene rings is 3. The molecule has 0 amide bonds. The summed E-state index contributed by atoms with van der Waals surface area (Å²) in [5.74, 6) is -24.9. The Morgan fingerprint density at radius 1 is 0.614 bits per heavy atom. The van der Waals surface area contributed by atoms with Crippen LogP contribution in [0.15, 0.2) is 60.7 Å². The molecule has 0 N–H and O–H groups in total. The van der Waals surface area contributed by atoms with Crippen LogP contribution in [-0.4, -0.2) is 54.8 Å². The molecule has 0 aliphatic rings. The van der Waals surface area contributed by atoms with Crippen molar-refractivity contribution in [2.75, 3.05) is 6.61 Å². The van der Waals surface area contributed by atoms with Crippen molar-refractivity contribution in [3.05, 3.63) is 83.4 Å². The SMILES string of the molecule is CCCCCC[C@@H](OC(=O)c1ccc(OC(=O)c2ccc(-c3ccc(OCCCCCCC(F)(F)C(F)(F)C(F)(F)C(F)(F)F)c(F)c3F)cc2)cc1)C(F)(F)F. The molecule has 5 nitrogen and oxygen atoms in total. The molecule has 0 heterocycles. The average Bonchev–Trinajstić information content (AvgIpc) is 3.13. The summed E-state index contributed by atoms with van der Waals surface area (Å²) in [4.78, 5) is 25.0. The van der Waals surface area contributed by atoms with Gasteiger partial charge in [0.25, 0.3) is 0 Å². The summed E-state index contributed by atoms with van der Waals surface area (Å²) in [6, 6.07) is 11.7. The van der Waals surface area contributed by atoms with Gasteiger partial charge in [-0.3, -0.25) is 0 Å². The summed E-state index contributed by atoms with van der Waals surface area (Å²) in [5.41, 5.74) is -0.414. The molecular formula is C38H36F14O5. The van der Waals surface area contributed by atoms with Crippen LogP contribution in [0, 0.1) is 11.6 Å². The number of unbranched alkanes of at least 4 members (excludes halogenated alkanes) is 6. The van der Waals surface area contributed by atoms with Crippen LogP contribution in [0.1, 0.15) is 91.8 Å². The van der Waals surface area contributed by atoms with E-state index < -0.39 is 78.4 Å². The largest absolute Gasteiger partial charge is 0.490 e. The quantitative estimate of drug-likeness (QED) is 0.0491. The van der Waals surface area contributed by atoms with E-state index >= 15 is 0 Å². The lowest BCUT2D eigenvalue weighted by Crippen LogP contribution is -2.60. The highest BCUT2D eigenvalue weighted by Crippen LogP contribution is 2.54. The number of halogens is 14. The predicted octanol–water partition coefficient (Wildman–Crippen LogP) is 12.7. The molecule has 57 heavy (non-hydrogen) atoms. The number of ether oxygens (including phenoxy) is 3. The number of rotatable bonds is 20. The molecule has 0 saturated carbocycles. The maximum Gasteiger partial charge on any atom is 0.460 e. The van der Waals surface area contributed by atoms with Gasteiger partial charge >= 0.3 is 42.1 Å². The van der Waals surface area contributed by atoms with Gasteiger partial charge in [0.2, 0.25) is 5.82 Å². The van der Waals surface area contributed by atoms with Crippen molar-refractivity contribution in [3.8, 4) is 22.6 Å². The zero-order valence-electron chi connectivity index (χ0n) is 30.0. The smallest absolute Gasteiger partial charge is 0.460 e. The van der Waals surface area contributed by atoms with E-state index in [1.165, 1.54) is 24.3 Å². The Morgan fingerprint density at radius 2 is 1.18 bits per heavy atom. The molecular weight excluding hydrogens is 802 g/mol. The number of carbonyl (C=O) groups excluding carboxylic acids is 2. The molecule has 0 radical (unpaired) electrons. The van der Waals surface area contributed by atoms with Gasteiger partial charge in [0.05, 0.1) is 17.7 Å². The molecule has 316 valence electrons.